The lowest BCUT2D eigenvalue weighted by atomic mass is 9.64. The number of aryl methyl sites for hydroxylation is 2. The molecule has 3 rings (SSSR count). The summed E-state index contributed by atoms with van der Waals surface area (Å²) in [6, 6.07) is 13.5. The Morgan fingerprint density at radius 2 is 1.67 bits per heavy atom. The summed E-state index contributed by atoms with van der Waals surface area (Å²) in [4.78, 5) is 30.1. The lowest BCUT2D eigenvalue weighted by Gasteiger charge is -2.37. The molecule has 1 unspecified atom stereocenters. The van der Waals surface area contributed by atoms with E-state index in [1.54, 1.807) is 6.92 Å². The van der Waals surface area contributed by atoms with Crippen LogP contribution in [0.4, 0.5) is 8.78 Å². The van der Waals surface area contributed by atoms with E-state index in [0.717, 1.165) is 65.2 Å². The van der Waals surface area contributed by atoms with E-state index >= 15 is 0 Å². The maximum absolute atomic E-state index is 14.1. The van der Waals surface area contributed by atoms with Gasteiger partial charge < -0.3 is 10.8 Å². The molecule has 1 saturated carbocycles. The molecule has 8 heteroatoms. The number of aliphatic imine (C=N–C) groups is 1. The molecule has 3 N–H and O–H groups in total. The van der Waals surface area contributed by atoms with E-state index in [0.29, 0.717) is 35.8 Å². The Labute approximate surface area is 298 Å². The monoisotopic (exact) mass is 698 g/mol. The van der Waals surface area contributed by atoms with Crippen molar-refractivity contribution in [3.05, 3.63) is 99.4 Å². The highest BCUT2D eigenvalue weighted by Gasteiger charge is 2.54. The quantitative estimate of drug-likeness (QED) is 0.143. The second-order valence-electron chi connectivity index (χ2n) is 12.5. The second-order valence-corrected chi connectivity index (χ2v) is 12.9. The topological polar surface area (TPSA) is 92.8 Å². The van der Waals surface area contributed by atoms with Crippen molar-refractivity contribution in [1.29, 1.82) is 0 Å². The van der Waals surface area contributed by atoms with Crippen LogP contribution in [0.5, 0.6) is 0 Å². The summed E-state index contributed by atoms with van der Waals surface area (Å²) in [5.74, 6) is -2.75. The van der Waals surface area contributed by atoms with Crippen LogP contribution in [0.15, 0.2) is 77.1 Å². The molecule has 0 heterocycles. The fraction of sp³-hybridized carbons (Fsp3) is 0.488. The number of Topliss-reactive ketones (excluding diaryl/α,β-unsaturated/α-hetero) is 1. The van der Waals surface area contributed by atoms with Gasteiger partial charge in [-0.25, -0.2) is 13.8 Å². The summed E-state index contributed by atoms with van der Waals surface area (Å²) in [6.45, 7) is 20.8. The minimum absolute atomic E-state index is 0.00694. The Kier molecular flexibility index (Phi) is 17.9. The molecule has 1 atom stereocenters. The fourth-order valence-electron chi connectivity index (χ4n) is 6.12. The molecule has 0 bridgehead atoms. The van der Waals surface area contributed by atoms with Gasteiger partial charge in [0, 0.05) is 35.6 Å². The number of benzene rings is 2. The first-order valence-corrected chi connectivity index (χ1v) is 17.8. The number of carboxylic acids is 1. The Hall–Kier alpha value is -3.58. The molecule has 0 aliphatic heterocycles. The average molecular weight is 699 g/mol. The van der Waals surface area contributed by atoms with Crippen molar-refractivity contribution in [3.8, 4) is 0 Å². The Morgan fingerprint density at radius 3 is 2.10 bits per heavy atom. The van der Waals surface area contributed by atoms with E-state index in [2.05, 4.69) is 19.6 Å². The number of nitrogens with zero attached hydrogens (tertiary/aromatic N) is 1. The van der Waals surface area contributed by atoms with Gasteiger partial charge in [-0.2, -0.15) is 0 Å². The van der Waals surface area contributed by atoms with Crippen molar-refractivity contribution in [2.24, 2.45) is 16.6 Å². The van der Waals surface area contributed by atoms with Gasteiger partial charge in [0.15, 0.2) is 0 Å². The van der Waals surface area contributed by atoms with Gasteiger partial charge in [-0.15, -0.1) is 0 Å². The molecule has 0 spiro atoms. The van der Waals surface area contributed by atoms with Gasteiger partial charge in [-0.05, 0) is 105 Å². The summed E-state index contributed by atoms with van der Waals surface area (Å²) in [5.41, 5.74) is 12.8. The van der Waals surface area contributed by atoms with Crippen molar-refractivity contribution in [3.63, 3.8) is 0 Å². The summed E-state index contributed by atoms with van der Waals surface area (Å²) >= 11 is 6.17. The number of carboxylic acid groups (broad SMARTS) is 1. The standard InChI is InChI=1S/C34H41ClN2O3.C5H10F2.C2H6/c1-7-9-21(3)32(33(36)37-24(6)23(5)29-18-17-28(35)20-22(29)4)34(27-15-16-27,30(38)8-2)26-13-10-25(11-14-26)12-19-31(39)40;1-3-4-5(2,6)7;1-2/h9-11,13-14,17-18,20,27H,5,7-8,12,15-16,19,36H2,1-4,6H3,(H,39,40);3-4H2,1-2H3;1-2H3/b21-9+,33-32+,37-24+;;. The molecule has 0 amide bonds. The SMILES string of the molecule is C=C(/C(C)=N/C(N)=C(\C(C)=C\CC)C(C(=O)CC)(c1ccc(CCC(=O)O)cc1)C1CC1)c1ccc(Cl)cc1C.CC.CCCC(C)(F)F. The maximum Gasteiger partial charge on any atom is 0.303 e. The first-order valence-electron chi connectivity index (χ1n) is 17.4. The molecular weight excluding hydrogens is 642 g/mol. The van der Waals surface area contributed by atoms with Gasteiger partial charge in [0.05, 0.1) is 5.41 Å². The molecule has 5 nitrogen and oxygen atoms in total. The molecule has 270 valence electrons. The van der Waals surface area contributed by atoms with Gasteiger partial charge in [-0.3, -0.25) is 9.59 Å². The number of hydrogen-bond acceptors (Lipinski definition) is 4. The predicted octanol–water partition coefficient (Wildman–Crippen LogP) is 11.5. The van der Waals surface area contributed by atoms with Crippen LogP contribution in [-0.2, 0) is 21.4 Å². The summed E-state index contributed by atoms with van der Waals surface area (Å²) in [7, 11) is 0. The third-order valence-electron chi connectivity index (χ3n) is 8.47. The van der Waals surface area contributed by atoms with Gasteiger partial charge in [0.25, 0.3) is 0 Å². The van der Waals surface area contributed by atoms with Crippen molar-refractivity contribution in [1.82, 2.24) is 0 Å². The third kappa shape index (κ3) is 12.4. The van der Waals surface area contributed by atoms with E-state index in [1.165, 1.54) is 0 Å². The highest BCUT2D eigenvalue weighted by atomic mass is 35.5. The zero-order chi connectivity index (χ0) is 37.5. The first-order chi connectivity index (χ1) is 23.0. The maximum atomic E-state index is 14.1. The number of aliphatic carboxylic acids is 1. The van der Waals surface area contributed by atoms with Crippen LogP contribution >= 0.6 is 11.6 Å². The van der Waals surface area contributed by atoms with Gasteiger partial charge in [-0.1, -0.05) is 95.6 Å². The predicted molar refractivity (Wildman–Crippen MR) is 203 cm³/mol. The molecule has 0 saturated heterocycles. The lowest BCUT2D eigenvalue weighted by molar-refractivity contribution is -0.137. The summed E-state index contributed by atoms with van der Waals surface area (Å²) in [6.07, 6.45) is 6.14. The number of carbonyl (C=O) groups excluding carboxylic acids is 1. The van der Waals surface area contributed by atoms with Crippen molar-refractivity contribution in [2.45, 2.75) is 125 Å². The van der Waals surface area contributed by atoms with E-state index in [9.17, 15) is 18.4 Å². The Morgan fingerprint density at radius 1 is 1.08 bits per heavy atom. The zero-order valence-corrected chi connectivity index (χ0v) is 31.7. The minimum atomic E-state index is -2.45. The van der Waals surface area contributed by atoms with Crippen molar-refractivity contribution >= 4 is 34.6 Å². The smallest absolute Gasteiger partial charge is 0.303 e. The number of carbonyl (C=O) groups is 2. The van der Waals surface area contributed by atoms with Gasteiger partial charge in [0.1, 0.15) is 11.6 Å². The molecule has 1 aliphatic carbocycles. The summed E-state index contributed by atoms with van der Waals surface area (Å²) in [5, 5.41) is 9.76. The zero-order valence-electron chi connectivity index (χ0n) is 31.0. The van der Waals surface area contributed by atoms with Crippen LogP contribution in [0, 0.1) is 12.8 Å². The molecular formula is C41H57ClF2N2O3. The number of ketones is 1. The second kappa shape index (κ2) is 20.2. The van der Waals surface area contributed by atoms with Crippen LogP contribution in [0.25, 0.3) is 5.57 Å². The molecule has 2 aromatic carbocycles. The normalized spacial score (nSPS) is 15.1. The molecule has 2 aromatic rings. The number of halogens is 3. The average Bonchev–Trinajstić information content (AvgIpc) is 3.89. The third-order valence-corrected chi connectivity index (χ3v) is 8.71. The van der Waals surface area contributed by atoms with E-state index in [-0.39, 0.29) is 24.5 Å². The van der Waals surface area contributed by atoms with Gasteiger partial charge in [0.2, 0.25) is 5.92 Å². The fourth-order valence-corrected chi connectivity index (χ4v) is 6.35. The Bertz CT molecular complexity index is 1520. The minimum Gasteiger partial charge on any atom is -0.481 e. The van der Waals surface area contributed by atoms with Crippen LogP contribution < -0.4 is 5.73 Å². The van der Waals surface area contributed by atoms with Crippen LogP contribution in [0.1, 0.15) is 123 Å². The number of nitrogens with two attached hydrogens (primary N) is 1. The number of alkyl halides is 2. The molecule has 0 aromatic heterocycles. The van der Waals surface area contributed by atoms with E-state index in [4.69, 9.17) is 27.4 Å². The van der Waals surface area contributed by atoms with Crippen molar-refractivity contribution in [2.75, 3.05) is 0 Å². The van der Waals surface area contributed by atoms with Crippen LogP contribution in [0.2, 0.25) is 5.02 Å². The van der Waals surface area contributed by atoms with E-state index in [1.807, 2.05) is 84.0 Å². The highest BCUT2D eigenvalue weighted by Crippen LogP contribution is 2.55. The van der Waals surface area contributed by atoms with E-state index < -0.39 is 17.3 Å². The number of rotatable bonds is 15. The van der Waals surface area contributed by atoms with Gasteiger partial charge >= 0.3 is 5.97 Å². The molecule has 1 fully saturated rings. The molecule has 0 radical (unpaired) electrons. The first kappa shape index (κ1) is 43.4. The highest BCUT2D eigenvalue weighted by molar-refractivity contribution is 6.31. The molecule has 1 aliphatic rings. The van der Waals surface area contributed by atoms with Crippen LogP contribution in [-0.4, -0.2) is 28.5 Å². The molecule has 49 heavy (non-hydrogen) atoms. The lowest BCUT2D eigenvalue weighted by Crippen LogP contribution is -2.42. The summed E-state index contributed by atoms with van der Waals surface area (Å²) < 4.78 is 23.4. The largest absolute Gasteiger partial charge is 0.481 e. The van der Waals surface area contributed by atoms with Crippen LogP contribution in [0.3, 0.4) is 0 Å². The number of hydrogen-bond donors (Lipinski definition) is 2. The number of allylic oxidation sites excluding steroid dienone is 4. The van der Waals surface area contributed by atoms with Crippen molar-refractivity contribution < 1.29 is 23.5 Å². The Balaban J connectivity index is 0.00000118.